The molecule has 1 amide bonds. The molecule has 4 aromatic rings. The van der Waals surface area contributed by atoms with Crippen molar-refractivity contribution in [3.63, 3.8) is 0 Å². The number of carbonyl (C=O) groups is 1. The maximum atomic E-state index is 12.5. The molecule has 0 aliphatic rings. The van der Waals surface area contributed by atoms with Gasteiger partial charge in [-0.3, -0.25) is 10.1 Å². The van der Waals surface area contributed by atoms with E-state index in [1.807, 2.05) is 18.4 Å². The van der Waals surface area contributed by atoms with E-state index in [1.54, 1.807) is 10.7 Å². The highest BCUT2D eigenvalue weighted by atomic mass is 32.1. The molecule has 0 radical (unpaired) electrons. The van der Waals surface area contributed by atoms with Gasteiger partial charge in [0, 0.05) is 22.8 Å². The lowest BCUT2D eigenvalue weighted by Crippen LogP contribution is -2.13. The molecule has 1 N–H and O–H groups in total. The first kappa shape index (κ1) is 18.2. The maximum absolute atomic E-state index is 12.5. The van der Waals surface area contributed by atoms with Gasteiger partial charge in [-0.25, -0.2) is 14.5 Å². The summed E-state index contributed by atoms with van der Waals surface area (Å²) in [5.74, 6) is 0.594. The van der Waals surface area contributed by atoms with Gasteiger partial charge in [-0.1, -0.05) is 38.1 Å². The van der Waals surface area contributed by atoms with E-state index in [0.717, 1.165) is 23.4 Å². The molecule has 0 saturated carbocycles. The smallest absolute Gasteiger partial charge is 0.295 e. The molecule has 0 aliphatic carbocycles. The second-order valence-electron chi connectivity index (χ2n) is 6.66. The summed E-state index contributed by atoms with van der Waals surface area (Å²) in [6, 6.07) is 10.2. The minimum atomic E-state index is -0.405. The number of anilines is 1. The van der Waals surface area contributed by atoms with Crippen LogP contribution in [0.4, 0.5) is 5.13 Å². The lowest BCUT2D eigenvalue weighted by Gasteiger charge is -2.08. The summed E-state index contributed by atoms with van der Waals surface area (Å²) < 4.78 is 1.54. The number of hydrogen-bond acceptors (Lipinski definition) is 6. The number of thiazole rings is 1. The summed E-state index contributed by atoms with van der Waals surface area (Å²) in [5, 5.41) is 9.42. The minimum Gasteiger partial charge on any atom is -0.295 e. The van der Waals surface area contributed by atoms with Gasteiger partial charge >= 0.3 is 0 Å². The topological polar surface area (TPSA) is 85.1 Å². The molecular formula is C20H20N6OS. The van der Waals surface area contributed by atoms with Crippen LogP contribution in [0.15, 0.2) is 41.9 Å². The van der Waals surface area contributed by atoms with Gasteiger partial charge in [0.1, 0.15) is 0 Å². The van der Waals surface area contributed by atoms with Gasteiger partial charge in [0.05, 0.1) is 5.69 Å². The van der Waals surface area contributed by atoms with E-state index in [4.69, 9.17) is 0 Å². The Hall–Kier alpha value is -3.13. The predicted octanol–water partition coefficient (Wildman–Crippen LogP) is 4.32. The van der Waals surface area contributed by atoms with Crippen molar-refractivity contribution in [1.82, 2.24) is 24.6 Å². The SMILES string of the molecule is CC[C@@H](C)c1ccc(-c2csc(NC(=O)c3nc4nccc(C)n4n3)n2)cc1. The van der Waals surface area contributed by atoms with E-state index in [9.17, 15) is 4.79 Å². The molecule has 0 spiro atoms. The first-order chi connectivity index (χ1) is 13.5. The number of benzene rings is 1. The van der Waals surface area contributed by atoms with Crippen LogP contribution in [0.1, 0.15) is 48.1 Å². The second-order valence-corrected chi connectivity index (χ2v) is 7.51. The van der Waals surface area contributed by atoms with Gasteiger partial charge in [-0.2, -0.15) is 4.98 Å². The molecule has 28 heavy (non-hydrogen) atoms. The summed E-state index contributed by atoms with van der Waals surface area (Å²) in [6.45, 7) is 6.28. The van der Waals surface area contributed by atoms with Crippen molar-refractivity contribution < 1.29 is 4.79 Å². The molecule has 0 aliphatic heterocycles. The van der Waals surface area contributed by atoms with Crippen LogP contribution in [-0.2, 0) is 0 Å². The minimum absolute atomic E-state index is 0.0662. The van der Waals surface area contributed by atoms with E-state index >= 15 is 0 Å². The van der Waals surface area contributed by atoms with Gasteiger partial charge in [-0.15, -0.1) is 16.4 Å². The highest BCUT2D eigenvalue weighted by molar-refractivity contribution is 7.14. The van der Waals surface area contributed by atoms with E-state index < -0.39 is 5.91 Å². The summed E-state index contributed by atoms with van der Waals surface area (Å²) in [5.41, 5.74) is 4.02. The van der Waals surface area contributed by atoms with Crippen LogP contribution in [0.2, 0.25) is 0 Å². The van der Waals surface area contributed by atoms with Crippen LogP contribution in [-0.4, -0.2) is 30.5 Å². The molecule has 0 fully saturated rings. The number of hydrogen-bond donors (Lipinski definition) is 1. The molecule has 3 aromatic heterocycles. The van der Waals surface area contributed by atoms with Crippen molar-refractivity contribution in [3.05, 3.63) is 59.0 Å². The summed E-state index contributed by atoms with van der Waals surface area (Å²) >= 11 is 1.37. The molecule has 142 valence electrons. The normalized spacial score (nSPS) is 12.2. The first-order valence-corrected chi connectivity index (χ1v) is 9.98. The van der Waals surface area contributed by atoms with Crippen molar-refractivity contribution in [3.8, 4) is 11.3 Å². The molecule has 8 heteroatoms. The molecule has 3 heterocycles. The zero-order valence-electron chi connectivity index (χ0n) is 15.9. The molecule has 7 nitrogen and oxygen atoms in total. The number of rotatable bonds is 5. The van der Waals surface area contributed by atoms with Crippen molar-refractivity contribution in [1.29, 1.82) is 0 Å². The average molecular weight is 392 g/mol. The third-order valence-corrected chi connectivity index (χ3v) is 5.50. The molecule has 0 unspecified atom stereocenters. The van der Waals surface area contributed by atoms with Gasteiger partial charge in [0.25, 0.3) is 11.7 Å². The zero-order chi connectivity index (χ0) is 19.7. The van der Waals surface area contributed by atoms with Crippen molar-refractivity contribution in [2.75, 3.05) is 5.32 Å². The van der Waals surface area contributed by atoms with Crippen molar-refractivity contribution >= 4 is 28.2 Å². The Bertz CT molecular complexity index is 1130. The number of aryl methyl sites for hydroxylation is 1. The Morgan fingerprint density at radius 1 is 1.21 bits per heavy atom. The highest BCUT2D eigenvalue weighted by Gasteiger charge is 2.16. The molecule has 0 bridgehead atoms. The van der Waals surface area contributed by atoms with E-state index in [2.05, 4.69) is 63.5 Å². The number of fused-ring (bicyclic) bond motifs is 1. The van der Waals surface area contributed by atoms with Crippen molar-refractivity contribution in [2.45, 2.75) is 33.1 Å². The quantitative estimate of drug-likeness (QED) is 0.547. The first-order valence-electron chi connectivity index (χ1n) is 9.10. The van der Waals surface area contributed by atoms with Crippen LogP contribution in [0.5, 0.6) is 0 Å². The molecular weight excluding hydrogens is 372 g/mol. The van der Waals surface area contributed by atoms with Crippen LogP contribution in [0.3, 0.4) is 0 Å². The Balaban J connectivity index is 1.51. The van der Waals surface area contributed by atoms with Crippen LogP contribution in [0, 0.1) is 6.92 Å². The summed E-state index contributed by atoms with van der Waals surface area (Å²) in [7, 11) is 0. The number of amides is 1. The largest absolute Gasteiger partial charge is 0.297 e. The fourth-order valence-electron chi connectivity index (χ4n) is 2.84. The van der Waals surface area contributed by atoms with E-state index in [0.29, 0.717) is 16.8 Å². The van der Waals surface area contributed by atoms with Crippen LogP contribution in [0.25, 0.3) is 17.0 Å². The second kappa shape index (κ2) is 7.47. The fourth-order valence-corrected chi connectivity index (χ4v) is 3.55. The summed E-state index contributed by atoms with van der Waals surface area (Å²) in [4.78, 5) is 25.3. The van der Waals surface area contributed by atoms with Crippen molar-refractivity contribution in [2.24, 2.45) is 0 Å². The standard InChI is InChI=1S/C20H20N6OS/c1-4-12(2)14-5-7-15(8-6-14)16-11-28-20(22-16)24-18(27)17-23-19-21-10-9-13(3)26(19)25-17/h5-12H,4H2,1-3H3,(H,22,24,27)/t12-/m1/s1. The Kier molecular flexibility index (Phi) is 4.87. The number of nitrogens with zero attached hydrogens (tertiary/aromatic N) is 5. The predicted molar refractivity (Wildman–Crippen MR) is 110 cm³/mol. The highest BCUT2D eigenvalue weighted by Crippen LogP contribution is 2.27. The Morgan fingerprint density at radius 3 is 2.71 bits per heavy atom. The molecule has 1 atom stereocenters. The third kappa shape index (κ3) is 3.50. The van der Waals surface area contributed by atoms with Gasteiger partial charge in [0.15, 0.2) is 5.13 Å². The molecule has 1 aromatic carbocycles. The molecule has 4 rings (SSSR count). The lowest BCUT2D eigenvalue weighted by molar-refractivity contribution is 0.101. The monoisotopic (exact) mass is 392 g/mol. The number of nitrogens with one attached hydrogen (secondary N) is 1. The summed E-state index contributed by atoms with van der Waals surface area (Å²) in [6.07, 6.45) is 2.75. The number of aromatic nitrogens is 5. The Morgan fingerprint density at radius 2 is 2.00 bits per heavy atom. The van der Waals surface area contributed by atoms with Crippen LogP contribution >= 0.6 is 11.3 Å². The van der Waals surface area contributed by atoms with Gasteiger partial charge in [-0.05, 0) is 30.9 Å². The fraction of sp³-hybridized carbons (Fsp3) is 0.250. The lowest BCUT2D eigenvalue weighted by atomic mass is 9.97. The molecule has 0 saturated heterocycles. The Labute approximate surface area is 166 Å². The maximum Gasteiger partial charge on any atom is 0.297 e. The van der Waals surface area contributed by atoms with Gasteiger partial charge in [0.2, 0.25) is 5.82 Å². The average Bonchev–Trinajstić information content (AvgIpc) is 3.35. The van der Waals surface area contributed by atoms with E-state index in [1.165, 1.54) is 16.9 Å². The zero-order valence-corrected chi connectivity index (χ0v) is 16.7. The number of carbonyl (C=O) groups excluding carboxylic acids is 1. The van der Waals surface area contributed by atoms with Crippen LogP contribution < -0.4 is 5.32 Å². The third-order valence-electron chi connectivity index (χ3n) is 4.75. The van der Waals surface area contributed by atoms with E-state index in [-0.39, 0.29) is 5.82 Å². The van der Waals surface area contributed by atoms with Gasteiger partial charge < -0.3 is 0 Å².